The topological polar surface area (TPSA) is 75.7 Å². The molecule has 0 radical (unpaired) electrons. The molecule has 0 bridgehead atoms. The van der Waals surface area contributed by atoms with Crippen LogP contribution in [-0.4, -0.2) is 45.6 Å². The summed E-state index contributed by atoms with van der Waals surface area (Å²) in [7, 11) is -0.440. The smallest absolute Gasteiger partial charge is 0.239 e. The van der Waals surface area contributed by atoms with E-state index in [4.69, 9.17) is 4.74 Å². The van der Waals surface area contributed by atoms with Crippen molar-refractivity contribution in [3.05, 3.63) is 29.8 Å². The number of anilines is 1. The van der Waals surface area contributed by atoms with Gasteiger partial charge in [-0.1, -0.05) is 18.2 Å². The van der Waals surface area contributed by atoms with Crippen LogP contribution >= 0.6 is 0 Å². The van der Waals surface area contributed by atoms with Gasteiger partial charge in [-0.15, -0.1) is 0 Å². The number of nitrogens with zero attached hydrogens (tertiary/aromatic N) is 1. The first-order valence-corrected chi connectivity index (χ1v) is 7.47. The Hall–Kier alpha value is -1.44. The highest BCUT2D eigenvalue weighted by Crippen LogP contribution is 2.15. The van der Waals surface area contributed by atoms with Crippen molar-refractivity contribution in [1.29, 1.82) is 0 Å². The van der Waals surface area contributed by atoms with Crippen LogP contribution in [0.1, 0.15) is 5.56 Å². The average molecular weight is 286 g/mol. The highest BCUT2D eigenvalue weighted by Gasteiger charge is 2.15. The van der Waals surface area contributed by atoms with Crippen LogP contribution in [0.25, 0.3) is 0 Å². The Morgan fingerprint density at radius 1 is 1.37 bits per heavy atom. The Balaban J connectivity index is 2.72. The highest BCUT2D eigenvalue weighted by molar-refractivity contribution is 7.88. The van der Waals surface area contributed by atoms with Crippen LogP contribution in [0.5, 0.6) is 0 Å². The summed E-state index contributed by atoms with van der Waals surface area (Å²) in [6, 6.07) is 7.20. The number of benzene rings is 1. The second-order valence-electron chi connectivity index (χ2n) is 4.16. The van der Waals surface area contributed by atoms with Gasteiger partial charge in [-0.05, 0) is 6.07 Å². The van der Waals surface area contributed by atoms with E-state index in [-0.39, 0.29) is 6.54 Å². The number of nitrogens with one attached hydrogen (secondary N) is 1. The number of sulfonamides is 1. The molecule has 1 N–H and O–H groups in total. The van der Waals surface area contributed by atoms with Crippen molar-refractivity contribution in [2.45, 2.75) is 6.61 Å². The van der Waals surface area contributed by atoms with Crippen LogP contribution in [0, 0.1) is 0 Å². The minimum Gasteiger partial charge on any atom is -0.380 e. The monoisotopic (exact) mass is 286 g/mol. The summed E-state index contributed by atoms with van der Waals surface area (Å²) in [5.41, 5.74) is 1.46. The lowest BCUT2D eigenvalue weighted by Crippen LogP contribution is -2.34. The van der Waals surface area contributed by atoms with Crippen molar-refractivity contribution in [1.82, 2.24) is 4.31 Å². The van der Waals surface area contributed by atoms with E-state index in [2.05, 4.69) is 5.32 Å². The minimum atomic E-state index is -3.36. The lowest BCUT2D eigenvalue weighted by Gasteiger charge is -2.15. The Morgan fingerprint density at radius 2 is 2.00 bits per heavy atom. The van der Waals surface area contributed by atoms with Crippen molar-refractivity contribution < 1.29 is 17.9 Å². The first kappa shape index (κ1) is 15.6. The van der Waals surface area contributed by atoms with E-state index in [0.717, 1.165) is 16.1 Å². The number of methoxy groups -OCH3 is 1. The Morgan fingerprint density at radius 3 is 2.58 bits per heavy atom. The maximum atomic E-state index is 11.8. The second kappa shape index (κ2) is 6.65. The predicted molar refractivity (Wildman–Crippen MR) is 73.3 cm³/mol. The molecule has 0 aliphatic carbocycles. The zero-order chi connectivity index (χ0) is 14.5. The van der Waals surface area contributed by atoms with E-state index >= 15 is 0 Å². The molecule has 0 aromatic heterocycles. The van der Waals surface area contributed by atoms with Gasteiger partial charge in [0.05, 0.1) is 19.4 Å². The van der Waals surface area contributed by atoms with Gasteiger partial charge in [0, 0.05) is 25.4 Å². The molecule has 0 saturated carbocycles. The molecule has 0 heterocycles. The van der Waals surface area contributed by atoms with Gasteiger partial charge in [0.25, 0.3) is 0 Å². The zero-order valence-corrected chi connectivity index (χ0v) is 12.0. The largest absolute Gasteiger partial charge is 0.380 e. The third-order valence-electron chi connectivity index (χ3n) is 2.52. The third-order valence-corrected chi connectivity index (χ3v) is 3.79. The summed E-state index contributed by atoms with van der Waals surface area (Å²) in [6.45, 7) is 0.151. The zero-order valence-electron chi connectivity index (χ0n) is 11.2. The average Bonchev–Trinajstić information content (AvgIpc) is 2.30. The van der Waals surface area contributed by atoms with E-state index in [1.165, 1.54) is 7.05 Å². The van der Waals surface area contributed by atoms with Crippen molar-refractivity contribution in [2.75, 3.05) is 32.3 Å². The SMILES string of the molecule is COCc1ccccc1NC(=O)CN(C)S(C)(=O)=O. The number of ether oxygens (including phenoxy) is 1. The quantitative estimate of drug-likeness (QED) is 0.833. The second-order valence-corrected chi connectivity index (χ2v) is 6.25. The number of likely N-dealkylation sites (N-methyl/N-ethyl adjacent to an activating group) is 1. The number of hydrogen-bond acceptors (Lipinski definition) is 4. The molecule has 1 aromatic rings. The molecule has 1 amide bonds. The van der Waals surface area contributed by atoms with E-state index in [0.29, 0.717) is 12.3 Å². The molecular weight excluding hydrogens is 268 g/mol. The number of carbonyl (C=O) groups is 1. The van der Waals surface area contributed by atoms with Crippen molar-refractivity contribution in [3.8, 4) is 0 Å². The van der Waals surface area contributed by atoms with Gasteiger partial charge in [0.2, 0.25) is 15.9 Å². The maximum Gasteiger partial charge on any atom is 0.239 e. The molecule has 1 aromatic carbocycles. The van der Waals surface area contributed by atoms with E-state index in [1.807, 2.05) is 12.1 Å². The number of amides is 1. The number of para-hydroxylation sites is 1. The van der Waals surface area contributed by atoms with Gasteiger partial charge < -0.3 is 10.1 Å². The minimum absolute atomic E-state index is 0.222. The van der Waals surface area contributed by atoms with E-state index in [9.17, 15) is 13.2 Å². The number of carbonyl (C=O) groups excluding carboxylic acids is 1. The van der Waals surface area contributed by atoms with Gasteiger partial charge in [-0.2, -0.15) is 4.31 Å². The van der Waals surface area contributed by atoms with Crippen molar-refractivity contribution in [2.24, 2.45) is 0 Å². The highest BCUT2D eigenvalue weighted by atomic mass is 32.2. The summed E-state index contributed by atoms with van der Waals surface area (Å²) in [5, 5.41) is 2.67. The summed E-state index contributed by atoms with van der Waals surface area (Å²) < 4.78 is 28.4. The van der Waals surface area contributed by atoms with Crippen LogP contribution < -0.4 is 5.32 Å². The fourth-order valence-electron chi connectivity index (χ4n) is 1.43. The summed E-state index contributed by atoms with van der Waals surface area (Å²) in [5.74, 6) is -0.392. The fraction of sp³-hybridized carbons (Fsp3) is 0.417. The number of hydrogen-bond donors (Lipinski definition) is 1. The molecule has 0 aliphatic heterocycles. The molecule has 0 aliphatic rings. The van der Waals surface area contributed by atoms with Crippen LogP contribution in [-0.2, 0) is 26.2 Å². The first-order chi connectivity index (χ1) is 8.84. The Bertz CT molecular complexity index is 542. The van der Waals surface area contributed by atoms with Gasteiger partial charge in [-0.25, -0.2) is 8.42 Å². The normalized spacial score (nSPS) is 11.6. The van der Waals surface area contributed by atoms with Crippen molar-refractivity contribution in [3.63, 3.8) is 0 Å². The van der Waals surface area contributed by atoms with Gasteiger partial charge in [0.15, 0.2) is 0 Å². The molecule has 106 valence electrons. The van der Waals surface area contributed by atoms with E-state index < -0.39 is 15.9 Å². The molecule has 1 rings (SSSR count). The van der Waals surface area contributed by atoms with Gasteiger partial charge in [0.1, 0.15) is 0 Å². The molecule has 0 unspecified atom stereocenters. The Labute approximate surface area is 113 Å². The molecule has 0 atom stereocenters. The van der Waals surface area contributed by atoms with Crippen molar-refractivity contribution >= 4 is 21.6 Å². The van der Waals surface area contributed by atoms with Crippen LogP contribution in [0.3, 0.4) is 0 Å². The first-order valence-electron chi connectivity index (χ1n) is 5.62. The molecule has 19 heavy (non-hydrogen) atoms. The van der Waals surface area contributed by atoms with Crippen LogP contribution in [0.15, 0.2) is 24.3 Å². The summed E-state index contributed by atoms with van der Waals surface area (Å²) >= 11 is 0. The lowest BCUT2D eigenvalue weighted by atomic mass is 10.2. The lowest BCUT2D eigenvalue weighted by molar-refractivity contribution is -0.116. The molecular formula is C12H18N2O4S. The molecule has 0 saturated heterocycles. The molecule has 7 heteroatoms. The van der Waals surface area contributed by atoms with E-state index in [1.54, 1.807) is 19.2 Å². The van der Waals surface area contributed by atoms with Gasteiger partial charge >= 0.3 is 0 Å². The third kappa shape index (κ3) is 4.98. The molecule has 0 fully saturated rings. The maximum absolute atomic E-state index is 11.8. The van der Waals surface area contributed by atoms with Crippen LogP contribution in [0.2, 0.25) is 0 Å². The number of rotatable bonds is 6. The summed E-state index contributed by atoms with van der Waals surface area (Å²) in [6.07, 6.45) is 1.05. The predicted octanol–water partition coefficient (Wildman–Crippen LogP) is 0.663. The standard InChI is InChI=1S/C12H18N2O4S/c1-14(19(3,16)17)8-12(15)13-11-7-5-4-6-10(11)9-18-2/h4-7H,8-9H2,1-3H3,(H,13,15). The molecule has 6 nitrogen and oxygen atoms in total. The fourth-order valence-corrected chi connectivity index (χ4v) is 1.78. The molecule has 0 spiro atoms. The summed E-state index contributed by atoms with van der Waals surface area (Å²) in [4.78, 5) is 11.8. The van der Waals surface area contributed by atoms with Gasteiger partial charge in [-0.3, -0.25) is 4.79 Å². The Kier molecular flexibility index (Phi) is 5.46. The van der Waals surface area contributed by atoms with Crippen LogP contribution in [0.4, 0.5) is 5.69 Å².